The summed E-state index contributed by atoms with van der Waals surface area (Å²) in [4.78, 5) is 10.7. The maximum atomic E-state index is 10.7. The molecule has 0 aliphatic carbocycles. The highest BCUT2D eigenvalue weighted by atomic mass is 16.4. The van der Waals surface area contributed by atoms with Gasteiger partial charge in [0, 0.05) is 19.7 Å². The second-order valence-corrected chi connectivity index (χ2v) is 3.05. The quantitative estimate of drug-likeness (QED) is 0.534. The number of carboxylic acid groups (broad SMARTS) is 1. The highest BCUT2D eigenvalue weighted by Crippen LogP contribution is 2.06. The van der Waals surface area contributed by atoms with Gasteiger partial charge in [0.15, 0.2) is 5.69 Å². The summed E-state index contributed by atoms with van der Waals surface area (Å²) >= 11 is 0. The van der Waals surface area contributed by atoms with Gasteiger partial charge in [-0.05, 0) is 12.8 Å². The normalized spacial score (nSPS) is 10.5. The molecule has 1 heterocycles. The number of aryl methyl sites for hydroxylation is 1. The van der Waals surface area contributed by atoms with E-state index in [1.54, 1.807) is 0 Å². The lowest BCUT2D eigenvalue weighted by atomic mass is 10.3. The highest BCUT2D eigenvalue weighted by molar-refractivity contribution is 5.86. The molecule has 0 spiro atoms. The summed E-state index contributed by atoms with van der Waals surface area (Å²) in [5, 5.41) is 24.6. The zero-order valence-corrected chi connectivity index (χ0v) is 8.26. The molecule has 0 radical (unpaired) electrons. The van der Waals surface area contributed by atoms with E-state index in [1.165, 1.54) is 4.68 Å². The number of rotatable bonds is 6. The van der Waals surface area contributed by atoms with Gasteiger partial charge < -0.3 is 15.9 Å². The molecule has 0 aromatic carbocycles. The van der Waals surface area contributed by atoms with Crippen molar-refractivity contribution < 1.29 is 15.0 Å². The van der Waals surface area contributed by atoms with E-state index in [2.05, 4.69) is 10.3 Å². The fourth-order valence-electron chi connectivity index (χ4n) is 1.25. The minimum atomic E-state index is -1.12. The monoisotopic (exact) mass is 214 g/mol. The molecule has 4 N–H and O–H groups in total. The summed E-state index contributed by atoms with van der Waals surface area (Å²) in [6.07, 6.45) is 1.36. The average Bonchev–Trinajstić information content (AvgIpc) is 2.61. The van der Waals surface area contributed by atoms with Crippen molar-refractivity contribution in [3.05, 3.63) is 11.4 Å². The molecular formula is C8H14N4O3. The number of carboxylic acids is 1. The summed E-state index contributed by atoms with van der Waals surface area (Å²) in [5.74, 6) is -1.12. The SMILES string of the molecule is NCc1c(C(=O)O)nnn1CCCCO. The lowest BCUT2D eigenvalue weighted by Crippen LogP contribution is -2.12. The van der Waals surface area contributed by atoms with Crippen LogP contribution in [-0.2, 0) is 13.1 Å². The third-order valence-electron chi connectivity index (χ3n) is 2.01. The largest absolute Gasteiger partial charge is 0.476 e. The first-order chi connectivity index (χ1) is 7.20. The minimum Gasteiger partial charge on any atom is -0.476 e. The second kappa shape index (κ2) is 5.42. The third kappa shape index (κ3) is 2.74. The molecule has 84 valence electrons. The molecule has 0 saturated heterocycles. The van der Waals surface area contributed by atoms with Crippen LogP contribution in [0.3, 0.4) is 0 Å². The molecule has 1 rings (SSSR count). The molecule has 0 unspecified atom stereocenters. The van der Waals surface area contributed by atoms with Gasteiger partial charge in [0.25, 0.3) is 0 Å². The summed E-state index contributed by atoms with van der Waals surface area (Å²) in [6.45, 7) is 0.722. The molecule has 1 aromatic heterocycles. The van der Waals surface area contributed by atoms with E-state index in [1.807, 2.05) is 0 Å². The Morgan fingerprint density at radius 1 is 1.47 bits per heavy atom. The van der Waals surface area contributed by atoms with Gasteiger partial charge >= 0.3 is 5.97 Å². The van der Waals surface area contributed by atoms with Gasteiger partial charge in [-0.25, -0.2) is 9.48 Å². The Bertz CT molecular complexity index is 337. The molecule has 0 amide bonds. The van der Waals surface area contributed by atoms with Crippen molar-refractivity contribution in [3.8, 4) is 0 Å². The number of aliphatic hydroxyl groups excluding tert-OH is 1. The van der Waals surface area contributed by atoms with Crippen molar-refractivity contribution >= 4 is 5.97 Å². The number of aromatic nitrogens is 3. The van der Waals surface area contributed by atoms with E-state index < -0.39 is 5.97 Å². The standard InChI is InChI=1S/C8H14N4O3/c9-5-6-7(8(14)15)10-11-12(6)3-1-2-4-13/h13H,1-5,9H2,(H,14,15). The van der Waals surface area contributed by atoms with Crippen molar-refractivity contribution in [1.82, 2.24) is 15.0 Å². The first-order valence-corrected chi connectivity index (χ1v) is 4.67. The number of nitrogens with zero attached hydrogens (tertiary/aromatic N) is 3. The second-order valence-electron chi connectivity index (χ2n) is 3.05. The first kappa shape index (κ1) is 11.6. The van der Waals surface area contributed by atoms with Crippen molar-refractivity contribution in [2.75, 3.05) is 6.61 Å². The fourth-order valence-corrected chi connectivity index (χ4v) is 1.25. The van der Waals surface area contributed by atoms with Gasteiger partial charge in [0.1, 0.15) is 0 Å². The molecule has 0 saturated carbocycles. The minimum absolute atomic E-state index is 0.0910. The van der Waals surface area contributed by atoms with Gasteiger partial charge in [0.2, 0.25) is 0 Å². The number of hydrogen-bond donors (Lipinski definition) is 3. The van der Waals surface area contributed by atoms with E-state index in [4.69, 9.17) is 15.9 Å². The van der Waals surface area contributed by atoms with Crippen LogP contribution in [0.1, 0.15) is 29.0 Å². The fraction of sp³-hybridized carbons (Fsp3) is 0.625. The van der Waals surface area contributed by atoms with Crippen LogP contribution >= 0.6 is 0 Å². The Labute approximate surface area is 86.5 Å². The molecule has 7 nitrogen and oxygen atoms in total. The van der Waals surface area contributed by atoms with Gasteiger partial charge in [0.05, 0.1) is 5.69 Å². The van der Waals surface area contributed by atoms with Gasteiger partial charge in [-0.2, -0.15) is 0 Å². The van der Waals surface area contributed by atoms with Crippen molar-refractivity contribution in [2.24, 2.45) is 5.73 Å². The predicted octanol–water partition coefficient (Wildman–Crippen LogP) is -0.793. The van der Waals surface area contributed by atoms with Crippen LogP contribution in [0.15, 0.2) is 0 Å². The van der Waals surface area contributed by atoms with Gasteiger partial charge in [-0.15, -0.1) is 5.10 Å². The Balaban J connectivity index is 2.75. The predicted molar refractivity (Wildman–Crippen MR) is 51.2 cm³/mol. The van der Waals surface area contributed by atoms with Crippen LogP contribution in [0.5, 0.6) is 0 Å². The molecule has 0 aliphatic heterocycles. The van der Waals surface area contributed by atoms with Crippen LogP contribution in [0.2, 0.25) is 0 Å². The van der Waals surface area contributed by atoms with Crippen LogP contribution in [0, 0.1) is 0 Å². The van der Waals surface area contributed by atoms with Crippen molar-refractivity contribution in [3.63, 3.8) is 0 Å². The van der Waals surface area contributed by atoms with Crippen LogP contribution in [0.4, 0.5) is 0 Å². The molecule has 15 heavy (non-hydrogen) atoms. The Morgan fingerprint density at radius 2 is 2.20 bits per heavy atom. The summed E-state index contributed by atoms with van der Waals surface area (Å²) in [6, 6.07) is 0. The maximum Gasteiger partial charge on any atom is 0.358 e. The Morgan fingerprint density at radius 3 is 2.73 bits per heavy atom. The first-order valence-electron chi connectivity index (χ1n) is 4.67. The number of carbonyl (C=O) groups is 1. The number of hydrogen-bond acceptors (Lipinski definition) is 5. The molecule has 0 bridgehead atoms. The zero-order valence-electron chi connectivity index (χ0n) is 8.26. The number of aliphatic hydroxyl groups is 1. The Hall–Kier alpha value is -1.47. The average molecular weight is 214 g/mol. The topological polar surface area (TPSA) is 114 Å². The van der Waals surface area contributed by atoms with E-state index in [9.17, 15) is 4.79 Å². The van der Waals surface area contributed by atoms with E-state index in [0.29, 0.717) is 25.1 Å². The molecule has 0 atom stereocenters. The maximum absolute atomic E-state index is 10.7. The molecule has 0 aliphatic rings. The Kier molecular flexibility index (Phi) is 4.19. The lowest BCUT2D eigenvalue weighted by molar-refractivity contribution is 0.0689. The molecule has 0 fully saturated rings. The van der Waals surface area contributed by atoms with Crippen molar-refractivity contribution in [1.29, 1.82) is 0 Å². The third-order valence-corrected chi connectivity index (χ3v) is 2.01. The van der Waals surface area contributed by atoms with Crippen molar-refractivity contribution in [2.45, 2.75) is 25.9 Å². The zero-order chi connectivity index (χ0) is 11.3. The van der Waals surface area contributed by atoms with Gasteiger partial charge in [-0.1, -0.05) is 5.21 Å². The highest BCUT2D eigenvalue weighted by Gasteiger charge is 2.16. The van der Waals surface area contributed by atoms with Crippen LogP contribution in [-0.4, -0.2) is 37.8 Å². The van der Waals surface area contributed by atoms with E-state index in [0.717, 1.165) is 0 Å². The van der Waals surface area contributed by atoms with Crippen LogP contribution < -0.4 is 5.73 Å². The van der Waals surface area contributed by atoms with E-state index in [-0.39, 0.29) is 18.8 Å². The van der Waals surface area contributed by atoms with Crippen LogP contribution in [0.25, 0.3) is 0 Å². The smallest absolute Gasteiger partial charge is 0.358 e. The van der Waals surface area contributed by atoms with Gasteiger partial charge in [-0.3, -0.25) is 0 Å². The summed E-state index contributed by atoms with van der Waals surface area (Å²) in [7, 11) is 0. The van der Waals surface area contributed by atoms with E-state index >= 15 is 0 Å². The molecular weight excluding hydrogens is 200 g/mol. The summed E-state index contributed by atoms with van der Waals surface area (Å²) in [5.41, 5.74) is 5.75. The molecule has 1 aromatic rings. The summed E-state index contributed by atoms with van der Waals surface area (Å²) < 4.78 is 1.47. The number of unbranched alkanes of at least 4 members (excludes halogenated alkanes) is 1. The number of nitrogens with two attached hydrogens (primary N) is 1. The molecule has 7 heteroatoms. The lowest BCUT2D eigenvalue weighted by Gasteiger charge is -2.03. The number of aromatic carboxylic acids is 1.